The number of hydrogen-bond donors (Lipinski definition) is 1. The van der Waals surface area contributed by atoms with Crippen LogP contribution in [0.3, 0.4) is 0 Å². The van der Waals surface area contributed by atoms with Gasteiger partial charge in [0.2, 0.25) is 0 Å². The Balaban J connectivity index is 2.20. The van der Waals surface area contributed by atoms with Crippen molar-refractivity contribution in [2.75, 3.05) is 6.61 Å². The van der Waals surface area contributed by atoms with Crippen molar-refractivity contribution in [3.05, 3.63) is 5.82 Å². The molecule has 2 rings (SSSR count). The highest BCUT2D eigenvalue weighted by molar-refractivity contribution is 7.89. The Morgan fingerprint density at radius 3 is 2.81 bits per heavy atom. The molecule has 16 heavy (non-hydrogen) atoms. The molecule has 1 atom stereocenters. The van der Waals surface area contributed by atoms with Crippen LogP contribution >= 0.6 is 0 Å². The van der Waals surface area contributed by atoms with Crippen molar-refractivity contribution in [2.24, 2.45) is 12.2 Å². The third-order valence-electron chi connectivity index (χ3n) is 2.61. The van der Waals surface area contributed by atoms with Crippen LogP contribution in [0.25, 0.3) is 0 Å². The fourth-order valence-corrected chi connectivity index (χ4v) is 2.42. The van der Waals surface area contributed by atoms with E-state index in [-0.39, 0.29) is 11.3 Å². The van der Waals surface area contributed by atoms with Gasteiger partial charge in [0.15, 0.2) is 0 Å². The maximum atomic E-state index is 11.1. The third kappa shape index (κ3) is 2.23. The predicted octanol–water partition coefficient (Wildman–Crippen LogP) is -0.816. The molecule has 1 unspecified atom stereocenters. The molecule has 0 amide bonds. The normalized spacial score (nSPS) is 21.5. The molecule has 1 saturated heterocycles. The molecule has 1 aliphatic rings. The Morgan fingerprint density at radius 2 is 2.31 bits per heavy atom. The van der Waals surface area contributed by atoms with E-state index in [9.17, 15) is 8.42 Å². The van der Waals surface area contributed by atoms with E-state index in [2.05, 4.69) is 10.2 Å². The molecular weight excluding hydrogens is 232 g/mol. The Bertz CT molecular complexity index is 475. The van der Waals surface area contributed by atoms with E-state index in [0.717, 1.165) is 19.4 Å². The van der Waals surface area contributed by atoms with Crippen molar-refractivity contribution in [3.63, 3.8) is 0 Å². The van der Waals surface area contributed by atoms with Gasteiger partial charge in [-0.15, -0.1) is 10.2 Å². The first kappa shape index (κ1) is 11.5. The lowest BCUT2D eigenvalue weighted by atomic mass is 10.2. The van der Waals surface area contributed by atoms with Gasteiger partial charge in [-0.25, -0.2) is 13.6 Å². The fourth-order valence-electron chi connectivity index (χ4n) is 1.78. The van der Waals surface area contributed by atoms with E-state index in [4.69, 9.17) is 9.88 Å². The van der Waals surface area contributed by atoms with E-state index in [1.807, 2.05) is 0 Å². The van der Waals surface area contributed by atoms with Gasteiger partial charge < -0.3 is 9.30 Å². The number of nitrogens with two attached hydrogens (primary N) is 1. The van der Waals surface area contributed by atoms with Crippen LogP contribution in [0.5, 0.6) is 0 Å². The van der Waals surface area contributed by atoms with Crippen LogP contribution in [0.2, 0.25) is 0 Å². The summed E-state index contributed by atoms with van der Waals surface area (Å²) in [6, 6.07) is 0. The van der Waals surface area contributed by atoms with Gasteiger partial charge >= 0.3 is 0 Å². The van der Waals surface area contributed by atoms with Gasteiger partial charge in [0.05, 0.1) is 6.10 Å². The molecule has 0 bridgehead atoms. The van der Waals surface area contributed by atoms with Crippen LogP contribution in [-0.2, 0) is 28.2 Å². The monoisotopic (exact) mass is 246 g/mol. The van der Waals surface area contributed by atoms with Crippen LogP contribution in [0.1, 0.15) is 18.7 Å². The standard InChI is InChI=1S/C8H14N4O3S/c1-12-7(5-6-3-2-4-15-6)10-11-8(12)16(9,13)14/h6H,2-5H2,1H3,(H2,9,13,14). The van der Waals surface area contributed by atoms with Gasteiger partial charge in [-0.05, 0) is 12.8 Å². The molecule has 1 aromatic rings. The zero-order valence-electron chi connectivity index (χ0n) is 8.96. The number of ether oxygens (including phenoxy) is 1. The summed E-state index contributed by atoms with van der Waals surface area (Å²) in [4.78, 5) is 0. The Kier molecular flexibility index (Phi) is 2.96. The van der Waals surface area contributed by atoms with Crippen molar-refractivity contribution in [1.82, 2.24) is 14.8 Å². The molecule has 1 aliphatic heterocycles. The molecule has 0 saturated carbocycles. The van der Waals surface area contributed by atoms with Gasteiger partial charge in [-0.2, -0.15) is 0 Å². The van der Waals surface area contributed by atoms with Crippen LogP contribution in [-0.4, -0.2) is 35.9 Å². The predicted molar refractivity (Wildman–Crippen MR) is 55.1 cm³/mol. The third-order valence-corrected chi connectivity index (χ3v) is 3.48. The van der Waals surface area contributed by atoms with Crippen LogP contribution in [0.4, 0.5) is 0 Å². The Labute approximate surface area is 93.7 Å². The molecule has 7 nitrogen and oxygen atoms in total. The van der Waals surface area contributed by atoms with E-state index < -0.39 is 10.0 Å². The highest BCUT2D eigenvalue weighted by Crippen LogP contribution is 2.16. The minimum atomic E-state index is -3.80. The molecule has 90 valence electrons. The molecule has 1 fully saturated rings. The number of sulfonamides is 1. The van der Waals surface area contributed by atoms with Crippen LogP contribution in [0, 0.1) is 0 Å². The second-order valence-electron chi connectivity index (χ2n) is 3.84. The van der Waals surface area contributed by atoms with E-state index in [1.54, 1.807) is 7.05 Å². The van der Waals surface area contributed by atoms with Crippen LogP contribution in [0.15, 0.2) is 5.16 Å². The fraction of sp³-hybridized carbons (Fsp3) is 0.750. The highest BCUT2D eigenvalue weighted by Gasteiger charge is 2.22. The van der Waals surface area contributed by atoms with Gasteiger partial charge in [0, 0.05) is 20.1 Å². The van der Waals surface area contributed by atoms with E-state index in [0.29, 0.717) is 12.2 Å². The quantitative estimate of drug-likeness (QED) is 0.751. The Morgan fingerprint density at radius 1 is 1.56 bits per heavy atom. The molecule has 0 aromatic carbocycles. The lowest BCUT2D eigenvalue weighted by Gasteiger charge is -2.08. The molecule has 2 N–H and O–H groups in total. The van der Waals surface area contributed by atoms with Gasteiger partial charge in [-0.1, -0.05) is 0 Å². The lowest BCUT2D eigenvalue weighted by Crippen LogP contribution is -2.19. The topological polar surface area (TPSA) is 100 Å². The Hall–Kier alpha value is -0.990. The minimum Gasteiger partial charge on any atom is -0.378 e. The minimum absolute atomic E-state index is 0.108. The maximum absolute atomic E-state index is 11.1. The zero-order chi connectivity index (χ0) is 11.8. The summed E-state index contributed by atoms with van der Waals surface area (Å²) in [6.45, 7) is 0.755. The first-order valence-electron chi connectivity index (χ1n) is 5.01. The van der Waals surface area contributed by atoms with Crippen molar-refractivity contribution in [3.8, 4) is 0 Å². The smallest absolute Gasteiger partial charge is 0.273 e. The first-order chi connectivity index (χ1) is 7.48. The second-order valence-corrected chi connectivity index (χ2v) is 5.30. The summed E-state index contributed by atoms with van der Waals surface area (Å²) >= 11 is 0. The largest absolute Gasteiger partial charge is 0.378 e. The number of nitrogens with zero attached hydrogens (tertiary/aromatic N) is 3. The number of aromatic nitrogens is 3. The van der Waals surface area contributed by atoms with E-state index in [1.165, 1.54) is 4.57 Å². The average molecular weight is 246 g/mol. The molecule has 2 heterocycles. The summed E-state index contributed by atoms with van der Waals surface area (Å²) in [5, 5.41) is 12.2. The molecule has 0 radical (unpaired) electrons. The molecule has 8 heteroatoms. The molecule has 0 aliphatic carbocycles. The highest BCUT2D eigenvalue weighted by atomic mass is 32.2. The average Bonchev–Trinajstić information content (AvgIpc) is 2.76. The summed E-state index contributed by atoms with van der Waals surface area (Å²) in [5.74, 6) is 0.580. The SMILES string of the molecule is Cn1c(CC2CCCO2)nnc1S(N)(=O)=O. The zero-order valence-corrected chi connectivity index (χ0v) is 9.77. The van der Waals surface area contributed by atoms with Crippen LogP contribution < -0.4 is 5.14 Å². The number of hydrogen-bond acceptors (Lipinski definition) is 5. The molecule has 1 aromatic heterocycles. The second kappa shape index (κ2) is 4.11. The summed E-state index contributed by atoms with van der Waals surface area (Å²) in [5.41, 5.74) is 0. The van der Waals surface area contributed by atoms with Gasteiger partial charge in [0.1, 0.15) is 5.82 Å². The van der Waals surface area contributed by atoms with Crippen molar-refractivity contribution >= 4 is 10.0 Å². The maximum Gasteiger partial charge on any atom is 0.273 e. The molecule has 0 spiro atoms. The van der Waals surface area contributed by atoms with E-state index >= 15 is 0 Å². The summed E-state index contributed by atoms with van der Waals surface area (Å²) in [7, 11) is -2.21. The van der Waals surface area contributed by atoms with Gasteiger partial charge in [0.25, 0.3) is 15.2 Å². The lowest BCUT2D eigenvalue weighted by molar-refractivity contribution is 0.109. The van der Waals surface area contributed by atoms with Crippen molar-refractivity contribution in [1.29, 1.82) is 0 Å². The number of primary sulfonamides is 1. The number of rotatable bonds is 3. The molecular formula is C8H14N4O3S. The van der Waals surface area contributed by atoms with Crippen molar-refractivity contribution < 1.29 is 13.2 Å². The van der Waals surface area contributed by atoms with Gasteiger partial charge in [-0.3, -0.25) is 0 Å². The van der Waals surface area contributed by atoms with Crippen molar-refractivity contribution in [2.45, 2.75) is 30.5 Å². The summed E-state index contributed by atoms with van der Waals surface area (Å²) in [6.07, 6.45) is 2.68. The first-order valence-corrected chi connectivity index (χ1v) is 6.56. The summed E-state index contributed by atoms with van der Waals surface area (Å²) < 4.78 is 29.1.